The van der Waals surface area contributed by atoms with Crippen LogP contribution in [0, 0.1) is 0 Å². The molecule has 0 saturated carbocycles. The van der Waals surface area contributed by atoms with Gasteiger partial charge in [0, 0.05) is 12.1 Å². The molecule has 0 aliphatic rings. The minimum atomic E-state index is 0.170. The molecule has 0 aliphatic carbocycles. The van der Waals surface area contributed by atoms with Crippen molar-refractivity contribution in [1.29, 1.82) is 0 Å². The highest BCUT2D eigenvalue weighted by molar-refractivity contribution is 5.15. The lowest BCUT2D eigenvalue weighted by molar-refractivity contribution is 0.230. The van der Waals surface area contributed by atoms with E-state index < -0.39 is 0 Å². The van der Waals surface area contributed by atoms with Crippen molar-refractivity contribution in [3.8, 4) is 0 Å². The molecule has 16 heavy (non-hydrogen) atoms. The van der Waals surface area contributed by atoms with E-state index in [1.807, 2.05) is 18.2 Å². The Hall–Kier alpha value is -0.860. The van der Waals surface area contributed by atoms with Crippen LogP contribution in [0.1, 0.15) is 32.3 Å². The fraction of sp³-hybridized carbons (Fsp3) is 0.571. The van der Waals surface area contributed by atoms with Crippen LogP contribution in [0.3, 0.4) is 0 Å². The molecule has 2 N–H and O–H groups in total. The average Bonchev–Trinajstić information content (AvgIpc) is 2.30. The number of hydrogen-bond acceptors (Lipinski definition) is 2. The zero-order valence-corrected chi connectivity index (χ0v) is 10.3. The van der Waals surface area contributed by atoms with Gasteiger partial charge in [0.15, 0.2) is 0 Å². The summed E-state index contributed by atoms with van der Waals surface area (Å²) < 4.78 is 0. The summed E-state index contributed by atoms with van der Waals surface area (Å²) in [5.74, 6) is 0. The van der Waals surface area contributed by atoms with Crippen LogP contribution in [0.15, 0.2) is 30.3 Å². The van der Waals surface area contributed by atoms with E-state index in [1.165, 1.54) is 12.0 Å². The number of rotatable bonds is 7. The van der Waals surface area contributed by atoms with Gasteiger partial charge in [-0.15, -0.1) is 0 Å². The second-order valence-electron chi connectivity index (χ2n) is 4.43. The Labute approximate surface area is 98.7 Å². The number of aliphatic hydroxyl groups excluding tert-OH is 1. The van der Waals surface area contributed by atoms with Gasteiger partial charge in [0.25, 0.3) is 0 Å². The predicted octanol–water partition coefficient (Wildman–Crippen LogP) is 2.37. The SMILES string of the molecule is CCCC(C)N[C@H](CO)Cc1ccccc1. The number of hydrogen-bond donors (Lipinski definition) is 2. The van der Waals surface area contributed by atoms with Gasteiger partial charge in [0.05, 0.1) is 6.61 Å². The van der Waals surface area contributed by atoms with E-state index in [9.17, 15) is 5.11 Å². The van der Waals surface area contributed by atoms with Gasteiger partial charge in [0.2, 0.25) is 0 Å². The normalized spacial score (nSPS) is 14.7. The summed E-state index contributed by atoms with van der Waals surface area (Å²) in [4.78, 5) is 0. The molecular weight excluding hydrogens is 198 g/mol. The molecule has 0 saturated heterocycles. The van der Waals surface area contributed by atoms with E-state index in [4.69, 9.17) is 0 Å². The Morgan fingerprint density at radius 3 is 2.50 bits per heavy atom. The third-order valence-corrected chi connectivity index (χ3v) is 2.79. The van der Waals surface area contributed by atoms with Crippen molar-refractivity contribution in [1.82, 2.24) is 5.32 Å². The van der Waals surface area contributed by atoms with E-state index >= 15 is 0 Å². The summed E-state index contributed by atoms with van der Waals surface area (Å²) in [5.41, 5.74) is 1.28. The first-order valence-corrected chi connectivity index (χ1v) is 6.17. The van der Waals surface area contributed by atoms with Crippen LogP contribution in [-0.4, -0.2) is 23.8 Å². The Bertz CT molecular complexity index is 273. The molecule has 0 spiro atoms. The maximum Gasteiger partial charge on any atom is 0.0587 e. The largest absolute Gasteiger partial charge is 0.395 e. The minimum Gasteiger partial charge on any atom is -0.395 e. The van der Waals surface area contributed by atoms with Gasteiger partial charge in [-0.05, 0) is 25.3 Å². The smallest absolute Gasteiger partial charge is 0.0587 e. The second-order valence-corrected chi connectivity index (χ2v) is 4.43. The molecule has 0 aromatic heterocycles. The topological polar surface area (TPSA) is 32.3 Å². The lowest BCUT2D eigenvalue weighted by atomic mass is 10.0. The fourth-order valence-corrected chi connectivity index (χ4v) is 1.99. The van der Waals surface area contributed by atoms with Gasteiger partial charge >= 0.3 is 0 Å². The van der Waals surface area contributed by atoms with Crippen LogP contribution in [0.25, 0.3) is 0 Å². The molecule has 0 radical (unpaired) electrons. The van der Waals surface area contributed by atoms with Crippen molar-refractivity contribution in [3.63, 3.8) is 0 Å². The Balaban J connectivity index is 2.43. The molecule has 1 unspecified atom stereocenters. The number of aliphatic hydroxyl groups is 1. The number of nitrogens with one attached hydrogen (secondary N) is 1. The zero-order valence-electron chi connectivity index (χ0n) is 10.3. The molecule has 2 heteroatoms. The highest BCUT2D eigenvalue weighted by atomic mass is 16.3. The summed E-state index contributed by atoms with van der Waals surface area (Å²) in [7, 11) is 0. The summed E-state index contributed by atoms with van der Waals surface area (Å²) in [6.07, 6.45) is 3.23. The van der Waals surface area contributed by atoms with E-state index in [0.717, 1.165) is 12.8 Å². The van der Waals surface area contributed by atoms with Crippen molar-refractivity contribution in [2.24, 2.45) is 0 Å². The molecule has 1 aromatic rings. The van der Waals surface area contributed by atoms with Crippen molar-refractivity contribution < 1.29 is 5.11 Å². The molecular formula is C14H23NO. The molecule has 0 bridgehead atoms. The first-order chi connectivity index (χ1) is 7.76. The van der Waals surface area contributed by atoms with Gasteiger partial charge in [-0.25, -0.2) is 0 Å². The number of benzene rings is 1. The van der Waals surface area contributed by atoms with Crippen LogP contribution < -0.4 is 5.32 Å². The quantitative estimate of drug-likeness (QED) is 0.741. The van der Waals surface area contributed by atoms with Crippen LogP contribution in [0.2, 0.25) is 0 Å². The summed E-state index contributed by atoms with van der Waals surface area (Å²) >= 11 is 0. The van der Waals surface area contributed by atoms with Gasteiger partial charge in [-0.1, -0.05) is 43.7 Å². The standard InChI is InChI=1S/C14H23NO/c1-3-7-12(2)15-14(11-16)10-13-8-5-4-6-9-13/h4-6,8-9,12,14-16H,3,7,10-11H2,1-2H3/t12?,14-/m0/s1. The molecule has 1 aromatic carbocycles. The van der Waals surface area contributed by atoms with Gasteiger partial charge in [-0.3, -0.25) is 0 Å². The lowest BCUT2D eigenvalue weighted by Crippen LogP contribution is -2.40. The Morgan fingerprint density at radius 2 is 1.94 bits per heavy atom. The van der Waals surface area contributed by atoms with E-state index in [1.54, 1.807) is 0 Å². The minimum absolute atomic E-state index is 0.170. The first kappa shape index (κ1) is 13.2. The molecule has 2 atom stereocenters. The molecule has 0 aliphatic heterocycles. The van der Waals surface area contributed by atoms with Crippen molar-refractivity contribution in [2.45, 2.75) is 45.2 Å². The van der Waals surface area contributed by atoms with E-state index in [0.29, 0.717) is 6.04 Å². The third kappa shape index (κ3) is 4.77. The van der Waals surface area contributed by atoms with Gasteiger partial charge < -0.3 is 10.4 Å². The van der Waals surface area contributed by atoms with E-state index in [2.05, 4.69) is 31.3 Å². The molecule has 0 amide bonds. The summed E-state index contributed by atoms with van der Waals surface area (Å²) in [5, 5.41) is 12.8. The monoisotopic (exact) mass is 221 g/mol. The fourth-order valence-electron chi connectivity index (χ4n) is 1.99. The molecule has 90 valence electrons. The zero-order chi connectivity index (χ0) is 11.8. The molecule has 2 nitrogen and oxygen atoms in total. The van der Waals surface area contributed by atoms with Gasteiger partial charge in [-0.2, -0.15) is 0 Å². The van der Waals surface area contributed by atoms with Crippen molar-refractivity contribution in [3.05, 3.63) is 35.9 Å². The van der Waals surface area contributed by atoms with Crippen LogP contribution in [0.4, 0.5) is 0 Å². The molecule has 0 heterocycles. The molecule has 1 rings (SSSR count). The van der Waals surface area contributed by atoms with Crippen molar-refractivity contribution >= 4 is 0 Å². The van der Waals surface area contributed by atoms with Crippen LogP contribution in [0.5, 0.6) is 0 Å². The maximum atomic E-state index is 9.34. The highest BCUT2D eigenvalue weighted by Crippen LogP contribution is 2.05. The third-order valence-electron chi connectivity index (χ3n) is 2.79. The maximum absolute atomic E-state index is 9.34. The Morgan fingerprint density at radius 1 is 1.25 bits per heavy atom. The summed E-state index contributed by atoms with van der Waals surface area (Å²) in [6, 6.07) is 11.0. The van der Waals surface area contributed by atoms with Crippen LogP contribution >= 0.6 is 0 Å². The average molecular weight is 221 g/mol. The van der Waals surface area contributed by atoms with Gasteiger partial charge in [0.1, 0.15) is 0 Å². The van der Waals surface area contributed by atoms with Crippen LogP contribution in [-0.2, 0) is 6.42 Å². The Kier molecular flexibility index (Phi) is 6.12. The van der Waals surface area contributed by atoms with Crippen molar-refractivity contribution in [2.75, 3.05) is 6.61 Å². The first-order valence-electron chi connectivity index (χ1n) is 6.17. The lowest BCUT2D eigenvalue weighted by Gasteiger charge is -2.21. The molecule has 0 fully saturated rings. The second kappa shape index (κ2) is 7.42. The highest BCUT2D eigenvalue weighted by Gasteiger charge is 2.10. The van der Waals surface area contributed by atoms with E-state index in [-0.39, 0.29) is 12.6 Å². The summed E-state index contributed by atoms with van der Waals surface area (Å²) in [6.45, 7) is 4.56. The predicted molar refractivity (Wildman–Crippen MR) is 68.5 cm³/mol.